The normalized spacial score (nSPS) is 16.1. The van der Waals surface area contributed by atoms with Crippen LogP contribution in [0.4, 0.5) is 0 Å². The lowest BCUT2D eigenvalue weighted by Gasteiger charge is -2.13. The lowest BCUT2D eigenvalue weighted by Crippen LogP contribution is -2.34. The lowest BCUT2D eigenvalue weighted by atomic mass is 10.1. The molecule has 4 rings (SSSR count). The van der Waals surface area contributed by atoms with Gasteiger partial charge in [0, 0.05) is 12.1 Å². The number of fused-ring (bicyclic) bond motifs is 2. The number of hydrogen-bond acceptors (Lipinski definition) is 3. The molecule has 1 N–H and O–H groups in total. The molecular weight excluding hydrogens is 290 g/mol. The van der Waals surface area contributed by atoms with Crippen molar-refractivity contribution in [2.45, 2.75) is 19.4 Å². The first kappa shape index (κ1) is 13.8. The van der Waals surface area contributed by atoms with Crippen LogP contribution in [-0.2, 0) is 6.42 Å². The van der Waals surface area contributed by atoms with Gasteiger partial charge in [0.15, 0.2) is 0 Å². The number of hydrogen-bond donors (Lipinski definition) is 1. The van der Waals surface area contributed by atoms with E-state index in [1.54, 1.807) is 12.5 Å². The van der Waals surface area contributed by atoms with Gasteiger partial charge in [-0.3, -0.25) is 4.79 Å². The Kier molecular flexibility index (Phi) is 3.26. The highest BCUT2D eigenvalue weighted by Crippen LogP contribution is 2.27. The van der Waals surface area contributed by atoms with Gasteiger partial charge in [0.2, 0.25) is 0 Å². The van der Waals surface area contributed by atoms with Crippen molar-refractivity contribution in [2.24, 2.45) is 0 Å². The summed E-state index contributed by atoms with van der Waals surface area (Å²) < 4.78 is 7.76. The molecule has 1 unspecified atom stereocenters. The summed E-state index contributed by atoms with van der Waals surface area (Å²) in [5, 5.41) is 2.98. The zero-order valence-corrected chi connectivity index (χ0v) is 12.8. The van der Waals surface area contributed by atoms with Crippen LogP contribution in [0.1, 0.15) is 21.6 Å². The first-order valence-electron chi connectivity index (χ1n) is 7.67. The van der Waals surface area contributed by atoms with Crippen LogP contribution in [0.15, 0.2) is 48.9 Å². The largest absolute Gasteiger partial charge is 0.488 e. The fourth-order valence-electron chi connectivity index (χ4n) is 3.04. The number of aryl methyl sites for hydroxylation is 1. The minimum atomic E-state index is -0.0855. The highest BCUT2D eigenvalue weighted by molar-refractivity contribution is 5.95. The highest BCUT2D eigenvalue weighted by Gasteiger charge is 2.23. The van der Waals surface area contributed by atoms with Crippen LogP contribution in [0, 0.1) is 6.92 Å². The van der Waals surface area contributed by atoms with Crippen molar-refractivity contribution in [2.75, 3.05) is 6.54 Å². The van der Waals surface area contributed by atoms with Crippen LogP contribution >= 0.6 is 0 Å². The van der Waals surface area contributed by atoms with Crippen molar-refractivity contribution in [3.8, 4) is 5.75 Å². The Bertz CT molecular complexity index is 860. The highest BCUT2D eigenvalue weighted by atomic mass is 16.5. The van der Waals surface area contributed by atoms with Crippen molar-refractivity contribution >= 4 is 11.4 Å². The van der Waals surface area contributed by atoms with E-state index in [2.05, 4.69) is 16.4 Å². The standard InChI is InChI=1S/C18H17N3O2/c1-12-16(7-6-14-9-19-11-21(12)14)18(22)20-10-15-8-13-4-2-3-5-17(13)23-15/h2-7,9,11,15H,8,10H2,1H3,(H,20,22). The zero-order chi connectivity index (χ0) is 15.8. The van der Waals surface area contributed by atoms with Crippen LogP contribution < -0.4 is 10.1 Å². The number of benzene rings is 1. The van der Waals surface area contributed by atoms with E-state index < -0.39 is 0 Å². The fraction of sp³-hybridized carbons (Fsp3) is 0.222. The van der Waals surface area contributed by atoms with E-state index in [9.17, 15) is 4.79 Å². The number of para-hydroxylation sites is 1. The molecule has 0 bridgehead atoms. The third-order valence-corrected chi connectivity index (χ3v) is 4.29. The third-order valence-electron chi connectivity index (χ3n) is 4.29. The van der Waals surface area contributed by atoms with E-state index in [4.69, 9.17) is 4.74 Å². The molecule has 2 aromatic heterocycles. The number of amides is 1. The molecule has 1 aliphatic heterocycles. The molecule has 23 heavy (non-hydrogen) atoms. The van der Waals surface area contributed by atoms with Crippen LogP contribution in [0.5, 0.6) is 5.75 Å². The van der Waals surface area contributed by atoms with Crippen molar-refractivity contribution in [3.05, 3.63) is 65.7 Å². The molecule has 0 fully saturated rings. The van der Waals surface area contributed by atoms with E-state index in [1.165, 1.54) is 5.56 Å². The number of imidazole rings is 1. The van der Waals surface area contributed by atoms with Gasteiger partial charge < -0.3 is 14.5 Å². The molecule has 1 aromatic carbocycles. The summed E-state index contributed by atoms with van der Waals surface area (Å²) in [5.74, 6) is 0.834. The molecule has 3 aromatic rings. The van der Waals surface area contributed by atoms with Crippen molar-refractivity contribution in [3.63, 3.8) is 0 Å². The molecule has 1 atom stereocenters. The third kappa shape index (κ3) is 2.44. The summed E-state index contributed by atoms with van der Waals surface area (Å²) in [6.07, 6.45) is 4.32. The molecule has 0 aliphatic carbocycles. The average molecular weight is 307 g/mol. The quantitative estimate of drug-likeness (QED) is 0.808. The number of carbonyl (C=O) groups is 1. The van der Waals surface area contributed by atoms with Gasteiger partial charge in [0.1, 0.15) is 11.9 Å². The number of ether oxygens (including phenoxy) is 1. The summed E-state index contributed by atoms with van der Waals surface area (Å²) >= 11 is 0. The Balaban J connectivity index is 1.45. The fourth-order valence-corrected chi connectivity index (χ4v) is 3.04. The van der Waals surface area contributed by atoms with Gasteiger partial charge in [-0.25, -0.2) is 4.98 Å². The molecule has 1 aliphatic rings. The van der Waals surface area contributed by atoms with Gasteiger partial charge in [-0.2, -0.15) is 0 Å². The van der Waals surface area contributed by atoms with Gasteiger partial charge in [-0.1, -0.05) is 18.2 Å². The summed E-state index contributed by atoms with van der Waals surface area (Å²) in [4.78, 5) is 16.6. The smallest absolute Gasteiger partial charge is 0.253 e. The molecule has 1 amide bonds. The molecule has 3 heterocycles. The molecule has 0 saturated heterocycles. The Hall–Kier alpha value is -2.82. The van der Waals surface area contributed by atoms with Crippen molar-refractivity contribution in [1.29, 1.82) is 0 Å². The summed E-state index contributed by atoms with van der Waals surface area (Å²) in [6.45, 7) is 2.42. The molecule has 116 valence electrons. The molecular formula is C18H17N3O2. The van der Waals surface area contributed by atoms with Gasteiger partial charge in [-0.15, -0.1) is 0 Å². The van der Waals surface area contributed by atoms with Gasteiger partial charge in [0.05, 0.1) is 30.1 Å². The van der Waals surface area contributed by atoms with E-state index in [1.807, 2.05) is 41.7 Å². The molecule has 5 nitrogen and oxygen atoms in total. The number of rotatable bonds is 3. The maximum atomic E-state index is 12.5. The van der Waals surface area contributed by atoms with Crippen molar-refractivity contribution in [1.82, 2.24) is 14.7 Å². The number of nitrogens with one attached hydrogen (secondary N) is 1. The van der Waals surface area contributed by atoms with Crippen LogP contribution in [0.2, 0.25) is 0 Å². The SMILES string of the molecule is Cc1c(C(=O)NCC2Cc3ccccc3O2)ccc2cncn12. The number of aromatic nitrogens is 2. The van der Waals surface area contributed by atoms with Gasteiger partial charge in [0.25, 0.3) is 5.91 Å². The van der Waals surface area contributed by atoms with E-state index in [-0.39, 0.29) is 12.0 Å². The topological polar surface area (TPSA) is 55.6 Å². The Morgan fingerprint density at radius 1 is 1.35 bits per heavy atom. The van der Waals surface area contributed by atoms with Crippen LogP contribution in [0.3, 0.4) is 0 Å². The molecule has 0 saturated carbocycles. The second-order valence-corrected chi connectivity index (χ2v) is 5.78. The minimum absolute atomic E-state index is 0.00590. The second-order valence-electron chi connectivity index (χ2n) is 5.78. The number of pyridine rings is 1. The van der Waals surface area contributed by atoms with Gasteiger partial charge >= 0.3 is 0 Å². The molecule has 0 radical (unpaired) electrons. The number of carbonyl (C=O) groups excluding carboxylic acids is 1. The van der Waals surface area contributed by atoms with E-state index in [0.717, 1.165) is 23.4 Å². The number of nitrogens with zero attached hydrogens (tertiary/aromatic N) is 2. The Morgan fingerprint density at radius 3 is 3.09 bits per heavy atom. The minimum Gasteiger partial charge on any atom is -0.488 e. The first-order valence-corrected chi connectivity index (χ1v) is 7.67. The Labute approximate surface area is 133 Å². The first-order chi connectivity index (χ1) is 11.2. The molecule has 0 spiro atoms. The van der Waals surface area contributed by atoms with Crippen LogP contribution in [0.25, 0.3) is 5.52 Å². The molecule has 5 heteroatoms. The van der Waals surface area contributed by atoms with E-state index in [0.29, 0.717) is 12.1 Å². The zero-order valence-electron chi connectivity index (χ0n) is 12.8. The lowest BCUT2D eigenvalue weighted by molar-refractivity contribution is 0.0932. The van der Waals surface area contributed by atoms with Crippen molar-refractivity contribution < 1.29 is 9.53 Å². The summed E-state index contributed by atoms with van der Waals surface area (Å²) in [7, 11) is 0. The second kappa shape index (κ2) is 5.43. The summed E-state index contributed by atoms with van der Waals surface area (Å²) in [5.41, 5.74) is 3.72. The maximum Gasteiger partial charge on any atom is 0.253 e. The van der Waals surface area contributed by atoms with Gasteiger partial charge in [-0.05, 0) is 30.7 Å². The average Bonchev–Trinajstić information content (AvgIpc) is 3.19. The van der Waals surface area contributed by atoms with E-state index >= 15 is 0 Å². The summed E-state index contributed by atoms with van der Waals surface area (Å²) in [6, 6.07) is 11.7. The Morgan fingerprint density at radius 2 is 2.22 bits per heavy atom. The monoisotopic (exact) mass is 307 g/mol. The van der Waals surface area contributed by atoms with Crippen LogP contribution in [-0.4, -0.2) is 27.9 Å². The predicted molar refractivity (Wildman–Crippen MR) is 86.8 cm³/mol. The maximum absolute atomic E-state index is 12.5. The predicted octanol–water partition coefficient (Wildman–Crippen LogP) is 2.38.